The number of thiocarbonyl (C=S) groups is 1. The molecule has 1 aromatic heterocycles. The Kier molecular flexibility index (Phi) is 7.28. The van der Waals surface area contributed by atoms with Crippen LogP contribution in [0.1, 0.15) is 21.5 Å². The highest BCUT2D eigenvalue weighted by Gasteiger charge is 2.12. The van der Waals surface area contributed by atoms with Crippen LogP contribution in [0.3, 0.4) is 0 Å². The maximum absolute atomic E-state index is 12.7. The van der Waals surface area contributed by atoms with E-state index in [-0.39, 0.29) is 11.0 Å². The first-order chi connectivity index (χ1) is 18.5. The number of para-hydroxylation sites is 1. The minimum Gasteiger partial charge on any atom is -0.489 e. The summed E-state index contributed by atoms with van der Waals surface area (Å²) in [5.41, 5.74) is 4.47. The van der Waals surface area contributed by atoms with E-state index in [1.165, 1.54) is 0 Å². The molecule has 4 aromatic carbocycles. The van der Waals surface area contributed by atoms with Gasteiger partial charge >= 0.3 is 5.63 Å². The highest BCUT2D eigenvalue weighted by molar-refractivity contribution is 7.80. The molecule has 0 atom stereocenters. The first-order valence-electron chi connectivity index (χ1n) is 12.0. The van der Waals surface area contributed by atoms with E-state index < -0.39 is 5.63 Å². The summed E-state index contributed by atoms with van der Waals surface area (Å²) in [5.74, 6) is 0.335. The Labute approximate surface area is 224 Å². The van der Waals surface area contributed by atoms with Gasteiger partial charge in [0.1, 0.15) is 17.9 Å². The first-order valence-corrected chi connectivity index (χ1v) is 12.4. The topological polar surface area (TPSA) is 80.6 Å². The molecule has 0 aliphatic rings. The summed E-state index contributed by atoms with van der Waals surface area (Å²) in [7, 11) is 0. The number of nitrogens with one attached hydrogen (secondary N) is 2. The number of aryl methyl sites for hydroxylation is 1. The second-order valence-electron chi connectivity index (χ2n) is 8.72. The van der Waals surface area contributed by atoms with Crippen LogP contribution in [0.5, 0.6) is 5.75 Å². The maximum atomic E-state index is 12.7. The van der Waals surface area contributed by atoms with Crippen molar-refractivity contribution in [3.63, 3.8) is 0 Å². The number of ether oxygens (including phenoxy) is 1. The third kappa shape index (κ3) is 5.79. The zero-order valence-corrected chi connectivity index (χ0v) is 21.4. The maximum Gasteiger partial charge on any atom is 0.344 e. The second kappa shape index (κ2) is 11.1. The smallest absolute Gasteiger partial charge is 0.344 e. The number of fused-ring (bicyclic) bond motifs is 1. The molecule has 38 heavy (non-hydrogen) atoms. The van der Waals surface area contributed by atoms with Gasteiger partial charge in [0.15, 0.2) is 5.11 Å². The normalized spacial score (nSPS) is 10.7. The average Bonchev–Trinajstić information content (AvgIpc) is 2.92. The van der Waals surface area contributed by atoms with Gasteiger partial charge in [-0.1, -0.05) is 54.6 Å². The van der Waals surface area contributed by atoms with Gasteiger partial charge in [0.2, 0.25) is 0 Å². The zero-order chi connectivity index (χ0) is 26.5. The fraction of sp³-hybridized carbons (Fsp3) is 0.0645. The number of carbonyl (C=O) groups is 1. The number of carbonyl (C=O) groups excluding carboxylic acids is 1. The molecule has 0 fully saturated rings. The third-order valence-electron chi connectivity index (χ3n) is 6.01. The number of benzene rings is 4. The monoisotopic (exact) mass is 520 g/mol. The van der Waals surface area contributed by atoms with Gasteiger partial charge in [-0.05, 0) is 84.4 Å². The Hall–Kier alpha value is -4.75. The first kappa shape index (κ1) is 24.9. The van der Waals surface area contributed by atoms with Crippen LogP contribution in [0.15, 0.2) is 112 Å². The Morgan fingerprint density at radius 3 is 2.37 bits per heavy atom. The van der Waals surface area contributed by atoms with E-state index in [1.54, 1.807) is 36.4 Å². The lowest BCUT2D eigenvalue weighted by atomic mass is 10.0. The summed E-state index contributed by atoms with van der Waals surface area (Å²) in [6, 6.07) is 31.5. The van der Waals surface area contributed by atoms with Crippen molar-refractivity contribution >= 4 is 39.9 Å². The summed E-state index contributed by atoms with van der Waals surface area (Å²) in [6.07, 6.45) is 0. The number of amides is 1. The Morgan fingerprint density at radius 2 is 1.61 bits per heavy atom. The van der Waals surface area contributed by atoms with Gasteiger partial charge in [0.05, 0.1) is 5.56 Å². The van der Waals surface area contributed by atoms with E-state index in [1.807, 2.05) is 73.7 Å². The fourth-order valence-corrected chi connectivity index (χ4v) is 4.28. The van der Waals surface area contributed by atoms with Crippen molar-refractivity contribution in [3.05, 3.63) is 130 Å². The molecule has 0 saturated heterocycles. The van der Waals surface area contributed by atoms with Crippen molar-refractivity contribution in [2.45, 2.75) is 13.5 Å². The Morgan fingerprint density at radius 1 is 0.868 bits per heavy atom. The van der Waals surface area contributed by atoms with Gasteiger partial charge in [-0.2, -0.15) is 0 Å². The van der Waals surface area contributed by atoms with Crippen LogP contribution in [0.4, 0.5) is 5.69 Å². The van der Waals surface area contributed by atoms with E-state index in [9.17, 15) is 9.59 Å². The van der Waals surface area contributed by atoms with Crippen molar-refractivity contribution in [1.29, 1.82) is 0 Å². The van der Waals surface area contributed by atoms with Gasteiger partial charge in [-0.25, -0.2) is 4.79 Å². The van der Waals surface area contributed by atoms with E-state index in [0.29, 0.717) is 34.8 Å². The molecule has 188 valence electrons. The number of rotatable bonds is 6. The summed E-state index contributed by atoms with van der Waals surface area (Å²) >= 11 is 5.34. The Balaban J connectivity index is 1.21. The molecular formula is C31H24N2O4S. The van der Waals surface area contributed by atoms with E-state index in [4.69, 9.17) is 21.4 Å². The molecule has 2 N–H and O–H groups in total. The van der Waals surface area contributed by atoms with Crippen molar-refractivity contribution in [3.8, 4) is 16.9 Å². The molecule has 1 heterocycles. The molecule has 0 aliphatic carbocycles. The average molecular weight is 521 g/mol. The van der Waals surface area contributed by atoms with Gasteiger partial charge in [-0.15, -0.1) is 0 Å². The molecule has 5 aromatic rings. The zero-order valence-electron chi connectivity index (χ0n) is 20.6. The van der Waals surface area contributed by atoms with E-state index in [0.717, 1.165) is 22.1 Å². The molecule has 0 unspecified atom stereocenters. The molecular weight excluding hydrogens is 496 g/mol. The van der Waals surface area contributed by atoms with Crippen molar-refractivity contribution in [2.24, 2.45) is 0 Å². The van der Waals surface area contributed by atoms with Crippen LogP contribution in [0.2, 0.25) is 0 Å². The quantitative estimate of drug-likeness (QED) is 0.197. The molecule has 6 nitrogen and oxygen atoms in total. The predicted molar refractivity (Wildman–Crippen MR) is 154 cm³/mol. The van der Waals surface area contributed by atoms with Crippen molar-refractivity contribution in [1.82, 2.24) is 5.32 Å². The lowest BCUT2D eigenvalue weighted by Crippen LogP contribution is -2.34. The lowest BCUT2D eigenvalue weighted by Gasteiger charge is -2.12. The van der Waals surface area contributed by atoms with Crippen LogP contribution in [-0.2, 0) is 6.61 Å². The minimum atomic E-state index is -0.397. The van der Waals surface area contributed by atoms with Gasteiger partial charge in [0, 0.05) is 16.6 Å². The summed E-state index contributed by atoms with van der Waals surface area (Å²) in [4.78, 5) is 25.2. The van der Waals surface area contributed by atoms with Crippen LogP contribution < -0.4 is 21.0 Å². The van der Waals surface area contributed by atoms with Gasteiger partial charge < -0.3 is 14.5 Å². The molecule has 0 aliphatic heterocycles. The SMILES string of the molecule is Cc1cc(NC(=S)NC(=O)c2ccc(OCc3ccccc3)cc2)ccc1-c1cc2ccccc2oc1=O. The highest BCUT2D eigenvalue weighted by Crippen LogP contribution is 2.26. The number of hydrogen-bond donors (Lipinski definition) is 2. The van der Waals surface area contributed by atoms with Gasteiger partial charge in [-0.3, -0.25) is 10.1 Å². The van der Waals surface area contributed by atoms with E-state index >= 15 is 0 Å². The third-order valence-corrected chi connectivity index (χ3v) is 6.21. The van der Waals surface area contributed by atoms with E-state index in [2.05, 4.69) is 10.6 Å². The predicted octanol–water partition coefficient (Wildman–Crippen LogP) is 6.47. The molecule has 0 bridgehead atoms. The van der Waals surface area contributed by atoms with Crippen LogP contribution in [0.25, 0.3) is 22.1 Å². The second-order valence-corrected chi connectivity index (χ2v) is 9.13. The molecule has 0 radical (unpaired) electrons. The molecule has 0 spiro atoms. The largest absolute Gasteiger partial charge is 0.489 e. The van der Waals surface area contributed by atoms with Crippen LogP contribution in [-0.4, -0.2) is 11.0 Å². The Bertz CT molecular complexity index is 1680. The fourth-order valence-electron chi connectivity index (χ4n) is 4.07. The number of hydrogen-bond acceptors (Lipinski definition) is 5. The minimum absolute atomic E-state index is 0.164. The molecule has 1 amide bonds. The summed E-state index contributed by atoms with van der Waals surface area (Å²) < 4.78 is 11.2. The van der Waals surface area contributed by atoms with Crippen LogP contribution in [0, 0.1) is 6.92 Å². The number of anilines is 1. The molecule has 5 rings (SSSR count). The standard InChI is InChI=1S/C31H24N2O4S/c1-20-17-24(13-16-26(20)27-18-23-9-5-6-10-28(23)37-30(27)35)32-31(38)33-29(34)22-11-14-25(15-12-22)36-19-21-7-3-2-4-8-21/h2-18H,19H2,1H3,(H2,32,33,34,38). The summed E-state index contributed by atoms with van der Waals surface area (Å²) in [6.45, 7) is 2.35. The van der Waals surface area contributed by atoms with Gasteiger partial charge in [0.25, 0.3) is 5.91 Å². The van der Waals surface area contributed by atoms with Crippen LogP contribution >= 0.6 is 12.2 Å². The summed E-state index contributed by atoms with van der Waals surface area (Å²) in [5, 5.41) is 6.74. The van der Waals surface area contributed by atoms with Crippen molar-refractivity contribution < 1.29 is 13.9 Å². The lowest BCUT2D eigenvalue weighted by molar-refractivity contribution is 0.0977. The highest BCUT2D eigenvalue weighted by atomic mass is 32.1. The molecule has 0 saturated carbocycles. The van der Waals surface area contributed by atoms with Crippen molar-refractivity contribution in [2.75, 3.05) is 5.32 Å². The molecule has 7 heteroatoms.